The Morgan fingerprint density at radius 1 is 1.35 bits per heavy atom. The highest BCUT2D eigenvalue weighted by Gasteiger charge is 2.12. The molecule has 2 atom stereocenters. The maximum atomic E-state index is 12.8. The topological polar surface area (TPSA) is 70.6 Å². The van der Waals surface area contributed by atoms with Gasteiger partial charge in [-0.15, -0.1) is 0 Å². The number of rotatable bonds is 7. The van der Waals surface area contributed by atoms with Gasteiger partial charge in [0.05, 0.1) is 12.2 Å². The highest BCUT2D eigenvalue weighted by Crippen LogP contribution is 2.15. The van der Waals surface area contributed by atoms with E-state index < -0.39 is 6.10 Å². The molecule has 1 aromatic carbocycles. The number of halogens is 1. The number of nitrogens with one attached hydrogen (secondary N) is 2. The number of aliphatic hydroxyl groups is 1. The molecule has 0 saturated carbocycles. The molecule has 0 aliphatic heterocycles. The maximum Gasteiger partial charge on any atom is 0.314 e. The summed E-state index contributed by atoms with van der Waals surface area (Å²) < 4.78 is 18.1. The molecule has 0 bridgehead atoms. The van der Waals surface area contributed by atoms with Crippen molar-refractivity contribution in [3.63, 3.8) is 0 Å². The van der Waals surface area contributed by atoms with E-state index in [0.29, 0.717) is 13.0 Å². The molecule has 1 aromatic rings. The summed E-state index contributed by atoms with van der Waals surface area (Å²) in [6.45, 7) is 2.34. The van der Waals surface area contributed by atoms with E-state index in [1.54, 1.807) is 19.1 Å². The van der Waals surface area contributed by atoms with Gasteiger partial charge in [0, 0.05) is 20.2 Å². The molecule has 6 heteroatoms. The number of methoxy groups -OCH3 is 1. The Balaban J connectivity index is 2.37. The van der Waals surface area contributed by atoms with E-state index in [0.717, 1.165) is 5.56 Å². The van der Waals surface area contributed by atoms with Crippen molar-refractivity contribution in [1.82, 2.24) is 10.6 Å². The molecule has 5 nitrogen and oxygen atoms in total. The Kier molecular flexibility index (Phi) is 6.97. The lowest BCUT2D eigenvalue weighted by atomic mass is 10.1. The molecule has 0 aliphatic carbocycles. The van der Waals surface area contributed by atoms with E-state index in [-0.39, 0.29) is 24.5 Å². The minimum atomic E-state index is -0.443. The number of carbonyl (C=O) groups is 1. The van der Waals surface area contributed by atoms with Crippen LogP contribution >= 0.6 is 0 Å². The minimum Gasteiger partial charge on any atom is -0.393 e. The van der Waals surface area contributed by atoms with Gasteiger partial charge in [0.15, 0.2) is 0 Å². The van der Waals surface area contributed by atoms with Crippen molar-refractivity contribution in [2.24, 2.45) is 0 Å². The lowest BCUT2D eigenvalue weighted by Gasteiger charge is -2.17. The van der Waals surface area contributed by atoms with Gasteiger partial charge in [0.1, 0.15) is 5.82 Å². The van der Waals surface area contributed by atoms with Gasteiger partial charge < -0.3 is 20.5 Å². The normalized spacial score (nSPS) is 13.6. The van der Waals surface area contributed by atoms with Crippen molar-refractivity contribution < 1.29 is 19.0 Å². The monoisotopic (exact) mass is 284 g/mol. The number of hydrogen-bond acceptors (Lipinski definition) is 3. The number of benzene rings is 1. The van der Waals surface area contributed by atoms with Crippen LogP contribution in [0.1, 0.15) is 25.0 Å². The summed E-state index contributed by atoms with van der Waals surface area (Å²) in [6.07, 6.45) is -0.279. The summed E-state index contributed by atoms with van der Waals surface area (Å²) in [5.41, 5.74) is 0.790. The second-order valence-electron chi connectivity index (χ2n) is 4.55. The molecule has 20 heavy (non-hydrogen) atoms. The van der Waals surface area contributed by atoms with Crippen molar-refractivity contribution in [2.45, 2.75) is 25.6 Å². The molecule has 0 heterocycles. The average Bonchev–Trinajstić information content (AvgIpc) is 2.41. The van der Waals surface area contributed by atoms with Crippen LogP contribution in [-0.2, 0) is 4.74 Å². The maximum absolute atomic E-state index is 12.8. The Morgan fingerprint density at radius 3 is 2.55 bits per heavy atom. The van der Waals surface area contributed by atoms with Crippen LogP contribution in [0.25, 0.3) is 0 Å². The molecule has 112 valence electrons. The first-order valence-electron chi connectivity index (χ1n) is 6.51. The molecule has 2 amide bonds. The summed E-state index contributed by atoms with van der Waals surface area (Å²) in [6, 6.07) is 5.62. The van der Waals surface area contributed by atoms with E-state index >= 15 is 0 Å². The molecule has 0 saturated heterocycles. The second kappa shape index (κ2) is 8.50. The Bertz CT molecular complexity index is 409. The highest BCUT2D eigenvalue weighted by molar-refractivity contribution is 5.73. The van der Waals surface area contributed by atoms with E-state index in [2.05, 4.69) is 10.6 Å². The molecular formula is C14H21FN2O3. The van der Waals surface area contributed by atoms with Crippen molar-refractivity contribution in [3.8, 4) is 0 Å². The third-order valence-corrected chi connectivity index (χ3v) is 2.82. The molecule has 0 fully saturated rings. The fraction of sp³-hybridized carbons (Fsp3) is 0.500. The van der Waals surface area contributed by atoms with Crippen molar-refractivity contribution in [2.75, 3.05) is 20.2 Å². The summed E-state index contributed by atoms with van der Waals surface area (Å²) in [4.78, 5) is 11.5. The van der Waals surface area contributed by atoms with Crippen LogP contribution in [-0.4, -0.2) is 37.4 Å². The quantitative estimate of drug-likeness (QED) is 0.712. The molecular weight excluding hydrogens is 263 g/mol. The summed E-state index contributed by atoms with van der Waals surface area (Å²) in [5.74, 6) is -0.313. The van der Waals surface area contributed by atoms with Crippen molar-refractivity contribution in [3.05, 3.63) is 35.6 Å². The zero-order valence-electron chi connectivity index (χ0n) is 11.7. The zero-order chi connectivity index (χ0) is 15.0. The fourth-order valence-electron chi connectivity index (χ4n) is 1.66. The van der Waals surface area contributed by atoms with E-state index in [4.69, 9.17) is 9.84 Å². The lowest BCUT2D eigenvalue weighted by Crippen LogP contribution is -2.39. The number of urea groups is 1. The first-order valence-corrected chi connectivity index (χ1v) is 6.51. The van der Waals surface area contributed by atoms with Gasteiger partial charge in [0.25, 0.3) is 0 Å². The molecule has 0 spiro atoms. The second-order valence-corrected chi connectivity index (χ2v) is 4.55. The van der Waals surface area contributed by atoms with Gasteiger partial charge >= 0.3 is 6.03 Å². The summed E-state index contributed by atoms with van der Waals surface area (Å²) in [5, 5.41) is 14.4. The number of hydrogen-bond donors (Lipinski definition) is 3. The number of carbonyl (C=O) groups excluding carboxylic acids is 1. The first kappa shape index (κ1) is 16.4. The number of ether oxygens (including phenoxy) is 1. The van der Waals surface area contributed by atoms with Crippen LogP contribution in [0.5, 0.6) is 0 Å². The largest absolute Gasteiger partial charge is 0.393 e. The smallest absolute Gasteiger partial charge is 0.314 e. The fourth-order valence-corrected chi connectivity index (χ4v) is 1.66. The van der Waals surface area contributed by atoms with Gasteiger partial charge in [0.2, 0.25) is 0 Å². The standard InChI is InChI=1S/C14H21FN2O3/c1-10(18)7-8-16-14(19)17-9-13(20-2)11-3-5-12(15)6-4-11/h3-6,10,13,18H,7-9H2,1-2H3,(H2,16,17,19). The summed E-state index contributed by atoms with van der Waals surface area (Å²) in [7, 11) is 1.53. The van der Waals surface area contributed by atoms with Crippen LogP contribution in [0.15, 0.2) is 24.3 Å². The average molecular weight is 284 g/mol. The van der Waals surface area contributed by atoms with Gasteiger partial charge in [-0.25, -0.2) is 9.18 Å². The predicted octanol–water partition coefficient (Wildman–Crippen LogP) is 1.58. The van der Waals surface area contributed by atoms with E-state index in [1.165, 1.54) is 19.2 Å². The third kappa shape index (κ3) is 5.99. The predicted molar refractivity (Wildman–Crippen MR) is 73.8 cm³/mol. The van der Waals surface area contributed by atoms with Gasteiger partial charge in [-0.05, 0) is 31.0 Å². The molecule has 0 aliphatic rings. The Labute approximate surface area is 118 Å². The van der Waals surface area contributed by atoms with Gasteiger partial charge in [-0.3, -0.25) is 0 Å². The molecule has 0 aromatic heterocycles. The van der Waals surface area contributed by atoms with Crippen molar-refractivity contribution in [1.29, 1.82) is 0 Å². The van der Waals surface area contributed by atoms with Crippen molar-refractivity contribution >= 4 is 6.03 Å². The van der Waals surface area contributed by atoms with Crippen LogP contribution in [0.3, 0.4) is 0 Å². The summed E-state index contributed by atoms with van der Waals surface area (Å²) >= 11 is 0. The van der Waals surface area contributed by atoms with Crippen LogP contribution < -0.4 is 10.6 Å². The number of aliphatic hydroxyl groups excluding tert-OH is 1. The first-order chi connectivity index (χ1) is 9.52. The minimum absolute atomic E-state index is 0.280. The van der Waals surface area contributed by atoms with Crippen LogP contribution in [0.4, 0.5) is 9.18 Å². The molecule has 0 radical (unpaired) electrons. The Morgan fingerprint density at radius 2 is 2.00 bits per heavy atom. The third-order valence-electron chi connectivity index (χ3n) is 2.82. The SMILES string of the molecule is COC(CNC(=O)NCCC(C)O)c1ccc(F)cc1. The lowest BCUT2D eigenvalue weighted by molar-refractivity contribution is 0.104. The highest BCUT2D eigenvalue weighted by atomic mass is 19.1. The Hall–Kier alpha value is -1.66. The molecule has 3 N–H and O–H groups in total. The van der Waals surface area contributed by atoms with Crippen LogP contribution in [0, 0.1) is 5.82 Å². The number of amides is 2. The van der Waals surface area contributed by atoms with Gasteiger partial charge in [-0.1, -0.05) is 12.1 Å². The van der Waals surface area contributed by atoms with E-state index in [1.807, 2.05) is 0 Å². The molecule has 2 unspecified atom stereocenters. The van der Waals surface area contributed by atoms with Crippen LogP contribution in [0.2, 0.25) is 0 Å². The zero-order valence-corrected chi connectivity index (χ0v) is 11.7. The molecule has 1 rings (SSSR count). The van der Waals surface area contributed by atoms with Gasteiger partial charge in [-0.2, -0.15) is 0 Å². The van der Waals surface area contributed by atoms with E-state index in [9.17, 15) is 9.18 Å².